The third-order valence-corrected chi connectivity index (χ3v) is 4.96. The zero-order chi connectivity index (χ0) is 18.4. The molecule has 0 aliphatic carbocycles. The summed E-state index contributed by atoms with van der Waals surface area (Å²) in [4.78, 5) is 14.4. The van der Waals surface area contributed by atoms with Crippen LogP contribution >= 0.6 is 11.8 Å². The summed E-state index contributed by atoms with van der Waals surface area (Å²) >= 11 is 1.38. The van der Waals surface area contributed by atoms with E-state index >= 15 is 0 Å². The van der Waals surface area contributed by atoms with Gasteiger partial charge in [-0.1, -0.05) is 17.8 Å². The molecular weight excluding hydrogens is 354 g/mol. The lowest BCUT2D eigenvalue weighted by molar-refractivity contribution is -0.113. The molecule has 140 valence electrons. The molecule has 0 bridgehead atoms. The lowest BCUT2D eigenvalue weighted by Crippen LogP contribution is -2.38. The van der Waals surface area contributed by atoms with Gasteiger partial charge in [-0.15, -0.1) is 10.2 Å². The zero-order valence-electron chi connectivity index (χ0n) is 15.0. The molecule has 0 spiro atoms. The molecule has 1 aromatic heterocycles. The van der Waals surface area contributed by atoms with E-state index in [1.807, 2.05) is 29.7 Å². The Hall–Kier alpha value is -2.26. The minimum atomic E-state index is -0.0955. The van der Waals surface area contributed by atoms with Gasteiger partial charge in [-0.05, 0) is 19.1 Å². The smallest absolute Gasteiger partial charge is 0.234 e. The van der Waals surface area contributed by atoms with Crippen molar-refractivity contribution in [1.29, 1.82) is 0 Å². The molecule has 2 aromatic rings. The fourth-order valence-corrected chi connectivity index (χ4v) is 3.49. The van der Waals surface area contributed by atoms with E-state index in [0.717, 1.165) is 30.7 Å². The summed E-state index contributed by atoms with van der Waals surface area (Å²) in [5.41, 5.74) is 0.709. The number of anilines is 2. The molecule has 1 aliphatic rings. The van der Waals surface area contributed by atoms with E-state index in [9.17, 15) is 4.79 Å². The molecule has 0 saturated carbocycles. The topological polar surface area (TPSA) is 81.5 Å². The summed E-state index contributed by atoms with van der Waals surface area (Å²) in [5, 5.41) is 12.2. The highest BCUT2D eigenvalue weighted by Crippen LogP contribution is 2.23. The minimum absolute atomic E-state index is 0.0955. The zero-order valence-corrected chi connectivity index (χ0v) is 15.8. The second-order valence-electron chi connectivity index (χ2n) is 5.70. The number of amides is 1. The van der Waals surface area contributed by atoms with Gasteiger partial charge in [0.2, 0.25) is 11.9 Å². The highest BCUT2D eigenvalue weighted by molar-refractivity contribution is 7.99. The van der Waals surface area contributed by atoms with Gasteiger partial charge in [0, 0.05) is 31.4 Å². The average molecular weight is 377 g/mol. The number of nitrogens with zero attached hydrogens (tertiary/aromatic N) is 4. The standard InChI is InChI=1S/C17H23N5O3S/c1-3-22-16(21-7-9-25-10-8-21)19-20-17(22)26-12-15(23)18-13-5-4-6-14(11-13)24-2/h4-6,11H,3,7-10,12H2,1-2H3,(H,18,23). The van der Waals surface area contributed by atoms with Crippen molar-refractivity contribution in [1.82, 2.24) is 14.8 Å². The largest absolute Gasteiger partial charge is 0.497 e. The Bertz CT molecular complexity index is 746. The number of hydrogen-bond acceptors (Lipinski definition) is 7. The Morgan fingerprint density at radius 1 is 1.35 bits per heavy atom. The van der Waals surface area contributed by atoms with Gasteiger partial charge in [0.25, 0.3) is 0 Å². The average Bonchev–Trinajstić information content (AvgIpc) is 3.10. The Morgan fingerprint density at radius 2 is 2.15 bits per heavy atom. The first-order valence-corrected chi connectivity index (χ1v) is 9.52. The van der Waals surface area contributed by atoms with Gasteiger partial charge in [0.1, 0.15) is 5.75 Å². The second-order valence-corrected chi connectivity index (χ2v) is 6.64. The molecule has 1 saturated heterocycles. The van der Waals surface area contributed by atoms with Gasteiger partial charge in [-0.25, -0.2) is 0 Å². The number of rotatable bonds is 7. The molecule has 2 heterocycles. The summed E-state index contributed by atoms with van der Waals surface area (Å²) in [6.07, 6.45) is 0. The summed E-state index contributed by atoms with van der Waals surface area (Å²) in [5.74, 6) is 1.71. The van der Waals surface area contributed by atoms with Crippen molar-refractivity contribution < 1.29 is 14.3 Å². The maximum absolute atomic E-state index is 12.2. The number of carbonyl (C=O) groups is 1. The normalized spacial score (nSPS) is 14.3. The quantitative estimate of drug-likeness (QED) is 0.738. The molecule has 26 heavy (non-hydrogen) atoms. The fourth-order valence-electron chi connectivity index (χ4n) is 2.69. The van der Waals surface area contributed by atoms with Crippen molar-refractivity contribution in [3.05, 3.63) is 24.3 Å². The summed E-state index contributed by atoms with van der Waals surface area (Å²) < 4.78 is 12.6. The van der Waals surface area contributed by atoms with Gasteiger partial charge in [0.15, 0.2) is 5.16 Å². The van der Waals surface area contributed by atoms with Crippen molar-refractivity contribution in [2.75, 3.05) is 49.4 Å². The molecule has 1 aromatic carbocycles. The molecule has 1 amide bonds. The highest BCUT2D eigenvalue weighted by atomic mass is 32.2. The van der Waals surface area contributed by atoms with Gasteiger partial charge < -0.3 is 19.7 Å². The number of thioether (sulfide) groups is 1. The van der Waals surface area contributed by atoms with E-state index in [1.54, 1.807) is 13.2 Å². The molecule has 0 unspecified atom stereocenters. The van der Waals surface area contributed by atoms with Gasteiger partial charge in [-0.2, -0.15) is 0 Å². The maximum atomic E-state index is 12.2. The molecule has 1 fully saturated rings. The van der Waals surface area contributed by atoms with E-state index < -0.39 is 0 Å². The van der Waals surface area contributed by atoms with Crippen LogP contribution < -0.4 is 15.0 Å². The number of methoxy groups -OCH3 is 1. The monoisotopic (exact) mass is 377 g/mol. The number of carbonyl (C=O) groups excluding carboxylic acids is 1. The van der Waals surface area contributed by atoms with Crippen LogP contribution in [-0.2, 0) is 16.1 Å². The summed E-state index contributed by atoms with van der Waals surface area (Å²) in [6.45, 7) is 5.80. The molecule has 0 atom stereocenters. The number of aromatic nitrogens is 3. The van der Waals surface area contributed by atoms with Crippen LogP contribution in [-0.4, -0.2) is 59.8 Å². The first-order valence-electron chi connectivity index (χ1n) is 8.54. The van der Waals surface area contributed by atoms with Gasteiger partial charge in [-0.3, -0.25) is 9.36 Å². The molecule has 0 radical (unpaired) electrons. The van der Waals surface area contributed by atoms with Crippen LogP contribution in [0.1, 0.15) is 6.92 Å². The highest BCUT2D eigenvalue weighted by Gasteiger charge is 2.20. The van der Waals surface area contributed by atoms with Crippen LogP contribution in [0.2, 0.25) is 0 Å². The lowest BCUT2D eigenvalue weighted by Gasteiger charge is -2.27. The fraction of sp³-hybridized carbons (Fsp3) is 0.471. The SMILES string of the molecule is CCn1c(SCC(=O)Nc2cccc(OC)c2)nnc1N1CCOCC1. The Morgan fingerprint density at radius 3 is 2.88 bits per heavy atom. The summed E-state index contributed by atoms with van der Waals surface area (Å²) in [7, 11) is 1.60. The first kappa shape index (κ1) is 18.5. The summed E-state index contributed by atoms with van der Waals surface area (Å²) in [6, 6.07) is 7.29. The van der Waals surface area contributed by atoms with Crippen molar-refractivity contribution >= 4 is 29.3 Å². The van der Waals surface area contributed by atoms with Crippen LogP contribution in [0.15, 0.2) is 29.4 Å². The Labute approximate surface area is 156 Å². The first-order chi connectivity index (χ1) is 12.7. The third-order valence-electron chi connectivity index (χ3n) is 3.99. The van der Waals surface area contributed by atoms with E-state index in [4.69, 9.17) is 9.47 Å². The number of nitrogens with one attached hydrogen (secondary N) is 1. The van der Waals surface area contributed by atoms with Crippen LogP contribution in [0.5, 0.6) is 5.75 Å². The molecule has 1 N–H and O–H groups in total. The van der Waals surface area contributed by atoms with Crippen molar-refractivity contribution in [3.63, 3.8) is 0 Å². The van der Waals surface area contributed by atoms with Crippen LogP contribution in [0.25, 0.3) is 0 Å². The Balaban J connectivity index is 1.60. The van der Waals surface area contributed by atoms with E-state index in [0.29, 0.717) is 24.7 Å². The predicted octanol–water partition coefficient (Wildman–Crippen LogP) is 1.87. The van der Waals surface area contributed by atoms with Crippen molar-refractivity contribution in [2.45, 2.75) is 18.6 Å². The van der Waals surface area contributed by atoms with Gasteiger partial charge >= 0.3 is 0 Å². The maximum Gasteiger partial charge on any atom is 0.234 e. The van der Waals surface area contributed by atoms with E-state index in [2.05, 4.69) is 20.4 Å². The molecule has 8 nitrogen and oxygen atoms in total. The van der Waals surface area contributed by atoms with Crippen LogP contribution in [0.4, 0.5) is 11.6 Å². The van der Waals surface area contributed by atoms with Crippen LogP contribution in [0, 0.1) is 0 Å². The van der Waals surface area contributed by atoms with E-state index in [-0.39, 0.29) is 11.7 Å². The predicted molar refractivity (Wildman–Crippen MR) is 101 cm³/mol. The van der Waals surface area contributed by atoms with Crippen molar-refractivity contribution in [2.24, 2.45) is 0 Å². The molecular formula is C17H23N5O3S. The molecule has 1 aliphatic heterocycles. The number of benzene rings is 1. The molecule has 9 heteroatoms. The lowest BCUT2D eigenvalue weighted by atomic mass is 10.3. The number of morpholine rings is 1. The third kappa shape index (κ3) is 4.47. The van der Waals surface area contributed by atoms with E-state index in [1.165, 1.54) is 11.8 Å². The second kappa shape index (κ2) is 8.91. The van der Waals surface area contributed by atoms with Crippen molar-refractivity contribution in [3.8, 4) is 5.75 Å². The Kier molecular flexibility index (Phi) is 6.35. The van der Waals surface area contributed by atoms with Crippen LogP contribution in [0.3, 0.4) is 0 Å². The number of ether oxygens (including phenoxy) is 2. The molecule has 3 rings (SSSR count). The van der Waals surface area contributed by atoms with Gasteiger partial charge in [0.05, 0.1) is 26.1 Å². The minimum Gasteiger partial charge on any atom is -0.497 e. The number of hydrogen-bond donors (Lipinski definition) is 1.